The van der Waals surface area contributed by atoms with Crippen molar-refractivity contribution in [2.75, 3.05) is 26.7 Å². The summed E-state index contributed by atoms with van der Waals surface area (Å²) in [6, 6.07) is 7.71. The summed E-state index contributed by atoms with van der Waals surface area (Å²) in [5.74, 6) is 0.874. The number of carbonyl (C=O) groups excluding carboxylic acids is 2. The molecule has 4 rings (SSSR count). The van der Waals surface area contributed by atoms with Crippen LogP contribution in [0.2, 0.25) is 0 Å². The Morgan fingerprint density at radius 2 is 2.04 bits per heavy atom. The minimum Gasteiger partial charge on any atom is -0.496 e. The van der Waals surface area contributed by atoms with Crippen LogP contribution in [-0.2, 0) is 6.42 Å². The number of aryl methyl sites for hydroxylation is 1. The molecule has 1 amide bonds. The summed E-state index contributed by atoms with van der Waals surface area (Å²) in [6.07, 6.45) is 2.24. The van der Waals surface area contributed by atoms with Crippen molar-refractivity contribution < 1.29 is 14.3 Å². The number of fused-ring (bicyclic) bond motifs is 1. The Balaban J connectivity index is 0.00000225. The third-order valence-electron chi connectivity index (χ3n) is 5.65. The van der Waals surface area contributed by atoms with E-state index in [1.165, 1.54) is 0 Å². The van der Waals surface area contributed by atoms with Gasteiger partial charge in [-0.2, -0.15) is 0 Å². The van der Waals surface area contributed by atoms with Gasteiger partial charge < -0.3 is 19.9 Å². The molecule has 0 saturated carbocycles. The zero-order chi connectivity index (χ0) is 19.0. The third-order valence-corrected chi connectivity index (χ3v) is 5.65. The minimum absolute atomic E-state index is 0. The van der Waals surface area contributed by atoms with E-state index in [9.17, 15) is 9.59 Å². The largest absolute Gasteiger partial charge is 0.496 e. The Kier molecular flexibility index (Phi) is 6.10. The van der Waals surface area contributed by atoms with Crippen molar-refractivity contribution in [3.8, 4) is 5.75 Å². The summed E-state index contributed by atoms with van der Waals surface area (Å²) in [5, 5.41) is 3.38. The summed E-state index contributed by atoms with van der Waals surface area (Å²) in [4.78, 5) is 30.9. The second kappa shape index (κ2) is 8.37. The molecule has 2 aromatic rings. The molecular weight excluding hydrogens is 378 g/mol. The van der Waals surface area contributed by atoms with E-state index in [1.54, 1.807) is 7.11 Å². The zero-order valence-corrected chi connectivity index (χ0v) is 17.0. The number of aromatic nitrogens is 1. The van der Waals surface area contributed by atoms with E-state index in [-0.39, 0.29) is 30.1 Å². The number of nitrogens with one attached hydrogen (secondary N) is 2. The van der Waals surface area contributed by atoms with Crippen LogP contribution in [0.5, 0.6) is 5.75 Å². The number of ether oxygens (including phenoxy) is 1. The number of ketones is 1. The van der Waals surface area contributed by atoms with Crippen molar-refractivity contribution in [1.29, 1.82) is 0 Å². The maximum absolute atomic E-state index is 13.4. The van der Waals surface area contributed by atoms with E-state index in [4.69, 9.17) is 4.74 Å². The predicted molar refractivity (Wildman–Crippen MR) is 110 cm³/mol. The topological polar surface area (TPSA) is 74.4 Å². The lowest BCUT2D eigenvalue weighted by molar-refractivity contribution is 0.0625. The number of carbonyl (C=O) groups is 2. The number of H-pyrrole nitrogens is 1. The molecular formula is C21H26ClN3O3. The number of methoxy groups -OCH3 is 1. The van der Waals surface area contributed by atoms with Crippen LogP contribution in [0.3, 0.4) is 0 Å². The molecule has 0 radical (unpaired) electrons. The number of rotatable bonds is 3. The van der Waals surface area contributed by atoms with E-state index in [0.717, 1.165) is 47.5 Å². The van der Waals surface area contributed by atoms with Crippen LogP contribution in [0.4, 0.5) is 0 Å². The number of Topliss-reactive ketones (excluding diaryl/α,β-unsaturated/α-hetero) is 1. The SMILES string of the molecule is COc1ccccc1C1CNCCN1C(=O)c1[nH]c2c(c1C)C(=O)CCC2.Cl. The fourth-order valence-corrected chi connectivity index (χ4v) is 4.30. The van der Waals surface area contributed by atoms with E-state index < -0.39 is 0 Å². The quantitative estimate of drug-likeness (QED) is 0.826. The standard InChI is InChI=1S/C21H25N3O3.ClH/c1-13-19-15(7-5-8-17(19)25)23-20(13)21(26)24-11-10-22-12-16(24)14-6-3-4-9-18(14)27-2;/h3-4,6,9,16,22-23H,5,7-8,10-12H2,1-2H3;1H. The second-order valence-electron chi connectivity index (χ2n) is 7.22. The third kappa shape index (κ3) is 3.42. The highest BCUT2D eigenvalue weighted by atomic mass is 35.5. The molecule has 2 heterocycles. The Morgan fingerprint density at radius 3 is 2.79 bits per heavy atom. The number of amides is 1. The van der Waals surface area contributed by atoms with Gasteiger partial charge in [0.25, 0.3) is 5.91 Å². The lowest BCUT2D eigenvalue weighted by atomic mass is 9.93. The Morgan fingerprint density at radius 1 is 1.25 bits per heavy atom. The number of nitrogens with zero attached hydrogens (tertiary/aromatic N) is 1. The summed E-state index contributed by atoms with van der Waals surface area (Å²) in [6.45, 7) is 3.91. The number of hydrogen-bond acceptors (Lipinski definition) is 4. The molecule has 1 aliphatic heterocycles. The lowest BCUT2D eigenvalue weighted by Gasteiger charge is -2.37. The van der Waals surface area contributed by atoms with Gasteiger partial charge in [-0.15, -0.1) is 12.4 Å². The van der Waals surface area contributed by atoms with E-state index >= 15 is 0 Å². The first kappa shape index (κ1) is 20.4. The lowest BCUT2D eigenvalue weighted by Crippen LogP contribution is -2.49. The van der Waals surface area contributed by atoms with E-state index in [1.807, 2.05) is 36.1 Å². The van der Waals surface area contributed by atoms with Gasteiger partial charge in [0.1, 0.15) is 11.4 Å². The molecule has 1 fully saturated rings. The first-order valence-electron chi connectivity index (χ1n) is 9.51. The minimum atomic E-state index is -0.113. The van der Waals surface area contributed by atoms with E-state index in [0.29, 0.717) is 25.2 Å². The molecule has 1 aromatic heterocycles. The van der Waals surface area contributed by atoms with Crippen molar-refractivity contribution in [2.24, 2.45) is 0 Å². The maximum Gasteiger partial charge on any atom is 0.271 e. The van der Waals surface area contributed by atoms with Crippen molar-refractivity contribution in [3.05, 3.63) is 52.3 Å². The van der Waals surface area contributed by atoms with Crippen LogP contribution in [0.25, 0.3) is 0 Å². The number of hydrogen-bond donors (Lipinski definition) is 2. The van der Waals surface area contributed by atoms with Gasteiger partial charge >= 0.3 is 0 Å². The molecule has 1 unspecified atom stereocenters. The van der Waals surface area contributed by atoms with Gasteiger partial charge in [0.15, 0.2) is 5.78 Å². The fourth-order valence-electron chi connectivity index (χ4n) is 4.30. The van der Waals surface area contributed by atoms with Gasteiger partial charge in [0, 0.05) is 42.9 Å². The maximum atomic E-state index is 13.4. The van der Waals surface area contributed by atoms with Gasteiger partial charge in [-0.3, -0.25) is 9.59 Å². The number of halogens is 1. The molecule has 0 spiro atoms. The molecule has 1 aromatic carbocycles. The molecule has 6 nitrogen and oxygen atoms in total. The zero-order valence-electron chi connectivity index (χ0n) is 16.2. The monoisotopic (exact) mass is 403 g/mol. The first-order valence-corrected chi connectivity index (χ1v) is 9.51. The van der Waals surface area contributed by atoms with Gasteiger partial charge in [-0.25, -0.2) is 0 Å². The predicted octanol–water partition coefficient (Wildman–Crippen LogP) is 3.06. The molecule has 7 heteroatoms. The van der Waals surface area contributed by atoms with Crippen LogP contribution in [0, 0.1) is 6.92 Å². The first-order chi connectivity index (χ1) is 13.1. The smallest absolute Gasteiger partial charge is 0.271 e. The average molecular weight is 404 g/mol. The van der Waals surface area contributed by atoms with E-state index in [2.05, 4.69) is 10.3 Å². The van der Waals surface area contributed by atoms with Crippen LogP contribution in [-0.4, -0.2) is 48.3 Å². The van der Waals surface area contributed by atoms with Crippen molar-refractivity contribution in [3.63, 3.8) is 0 Å². The van der Waals surface area contributed by atoms with Gasteiger partial charge in [0.05, 0.1) is 13.2 Å². The van der Waals surface area contributed by atoms with Crippen LogP contribution < -0.4 is 10.1 Å². The molecule has 2 N–H and O–H groups in total. The highest BCUT2D eigenvalue weighted by Gasteiger charge is 2.34. The fraction of sp³-hybridized carbons (Fsp3) is 0.429. The summed E-state index contributed by atoms with van der Waals surface area (Å²) >= 11 is 0. The average Bonchev–Trinajstić information content (AvgIpc) is 3.05. The Bertz CT molecular complexity index is 893. The van der Waals surface area contributed by atoms with Gasteiger partial charge in [0.2, 0.25) is 0 Å². The molecule has 28 heavy (non-hydrogen) atoms. The Labute approximate surface area is 171 Å². The van der Waals surface area contributed by atoms with Crippen LogP contribution in [0.1, 0.15) is 56.6 Å². The van der Waals surface area contributed by atoms with Crippen molar-refractivity contribution >= 4 is 24.1 Å². The van der Waals surface area contributed by atoms with Crippen LogP contribution in [0.15, 0.2) is 24.3 Å². The van der Waals surface area contributed by atoms with Gasteiger partial charge in [-0.1, -0.05) is 18.2 Å². The molecule has 150 valence electrons. The number of para-hydroxylation sites is 1. The summed E-state index contributed by atoms with van der Waals surface area (Å²) in [5.41, 5.74) is 3.98. The highest BCUT2D eigenvalue weighted by Crippen LogP contribution is 2.33. The summed E-state index contributed by atoms with van der Waals surface area (Å²) < 4.78 is 5.52. The molecule has 1 atom stereocenters. The van der Waals surface area contributed by atoms with Crippen molar-refractivity contribution in [2.45, 2.75) is 32.2 Å². The highest BCUT2D eigenvalue weighted by molar-refractivity contribution is 6.04. The Hall–Kier alpha value is -2.31. The molecule has 1 saturated heterocycles. The molecule has 2 aliphatic rings. The number of piperazine rings is 1. The van der Waals surface area contributed by atoms with Crippen molar-refractivity contribution in [1.82, 2.24) is 15.2 Å². The normalized spacial score (nSPS) is 19.0. The number of aromatic amines is 1. The van der Waals surface area contributed by atoms with Gasteiger partial charge in [-0.05, 0) is 31.4 Å². The second-order valence-corrected chi connectivity index (χ2v) is 7.22. The molecule has 0 bridgehead atoms. The molecule has 1 aliphatic carbocycles. The number of benzene rings is 1. The van der Waals surface area contributed by atoms with Crippen LogP contribution >= 0.6 is 12.4 Å². The summed E-state index contributed by atoms with van der Waals surface area (Å²) in [7, 11) is 1.65.